The molecule has 1 N–H and O–H groups in total. The first-order chi connectivity index (χ1) is 6.24. The average Bonchev–Trinajstić information content (AvgIpc) is 2.15. The molecule has 0 saturated carbocycles. The van der Waals surface area contributed by atoms with E-state index in [9.17, 15) is 4.79 Å². The van der Waals surface area contributed by atoms with E-state index >= 15 is 0 Å². The lowest BCUT2D eigenvalue weighted by atomic mass is 10.2. The Morgan fingerprint density at radius 2 is 2.46 bits per heavy atom. The summed E-state index contributed by atoms with van der Waals surface area (Å²) in [7, 11) is 0. The molecule has 0 aliphatic carbocycles. The number of hydrogen-bond acceptors (Lipinski definition) is 2. The Balaban J connectivity index is 2.98. The zero-order valence-electron chi connectivity index (χ0n) is 7.24. The highest BCUT2D eigenvalue weighted by atomic mass is 16.4. The molecule has 0 bridgehead atoms. The van der Waals surface area contributed by atoms with Crippen LogP contribution < -0.4 is 0 Å². The molecule has 0 aliphatic rings. The zero-order chi connectivity index (χ0) is 9.68. The molecule has 0 radical (unpaired) electrons. The van der Waals surface area contributed by atoms with E-state index < -0.39 is 5.97 Å². The van der Waals surface area contributed by atoms with Gasteiger partial charge >= 0.3 is 5.97 Å². The first-order valence-electron chi connectivity index (χ1n) is 3.92. The van der Waals surface area contributed by atoms with Crippen LogP contribution in [-0.2, 0) is 0 Å². The quantitative estimate of drug-likeness (QED) is 0.658. The highest BCUT2D eigenvalue weighted by Crippen LogP contribution is 1.99. The van der Waals surface area contributed by atoms with Crippen LogP contribution >= 0.6 is 0 Å². The SMILES string of the molecule is CCC#Cc1ccnc(C(=O)O)c1. The Hall–Kier alpha value is -1.82. The van der Waals surface area contributed by atoms with Gasteiger partial charge in [-0.25, -0.2) is 9.78 Å². The summed E-state index contributed by atoms with van der Waals surface area (Å²) in [5.41, 5.74) is 0.720. The maximum atomic E-state index is 10.5. The predicted molar refractivity (Wildman–Crippen MR) is 48.4 cm³/mol. The van der Waals surface area contributed by atoms with Gasteiger partial charge in [0.25, 0.3) is 0 Å². The minimum Gasteiger partial charge on any atom is -0.477 e. The van der Waals surface area contributed by atoms with Crippen LogP contribution in [-0.4, -0.2) is 16.1 Å². The molecule has 1 aromatic heterocycles. The molecule has 0 unspecified atom stereocenters. The van der Waals surface area contributed by atoms with Crippen molar-refractivity contribution >= 4 is 5.97 Å². The molecular weight excluding hydrogens is 166 g/mol. The Morgan fingerprint density at radius 1 is 1.69 bits per heavy atom. The molecule has 1 heterocycles. The number of hydrogen-bond donors (Lipinski definition) is 1. The monoisotopic (exact) mass is 175 g/mol. The van der Waals surface area contributed by atoms with Crippen LogP contribution in [0.15, 0.2) is 18.3 Å². The van der Waals surface area contributed by atoms with Crippen molar-refractivity contribution in [3.05, 3.63) is 29.6 Å². The van der Waals surface area contributed by atoms with Gasteiger partial charge in [0, 0.05) is 18.2 Å². The Kier molecular flexibility index (Phi) is 3.04. The number of aromatic carboxylic acids is 1. The molecule has 0 aromatic carbocycles. The van der Waals surface area contributed by atoms with Gasteiger partial charge < -0.3 is 5.11 Å². The van der Waals surface area contributed by atoms with Gasteiger partial charge in [-0.15, -0.1) is 0 Å². The molecule has 0 spiro atoms. The van der Waals surface area contributed by atoms with E-state index in [4.69, 9.17) is 5.11 Å². The largest absolute Gasteiger partial charge is 0.477 e. The topological polar surface area (TPSA) is 50.2 Å². The highest BCUT2D eigenvalue weighted by molar-refractivity contribution is 5.85. The van der Waals surface area contributed by atoms with E-state index in [1.165, 1.54) is 12.3 Å². The normalized spacial score (nSPS) is 8.69. The van der Waals surface area contributed by atoms with Crippen molar-refractivity contribution in [2.45, 2.75) is 13.3 Å². The second-order valence-electron chi connectivity index (χ2n) is 2.39. The van der Waals surface area contributed by atoms with E-state index in [-0.39, 0.29) is 5.69 Å². The molecule has 0 amide bonds. The van der Waals surface area contributed by atoms with Crippen molar-refractivity contribution in [3.8, 4) is 11.8 Å². The van der Waals surface area contributed by atoms with Crippen LogP contribution in [0.25, 0.3) is 0 Å². The predicted octanol–water partition coefficient (Wildman–Crippen LogP) is 1.54. The number of carbonyl (C=O) groups is 1. The molecule has 3 nitrogen and oxygen atoms in total. The summed E-state index contributed by atoms with van der Waals surface area (Å²) in [6.07, 6.45) is 2.20. The molecule has 0 fully saturated rings. The zero-order valence-corrected chi connectivity index (χ0v) is 7.24. The van der Waals surface area contributed by atoms with Gasteiger partial charge in [-0.1, -0.05) is 18.8 Å². The van der Waals surface area contributed by atoms with Crippen molar-refractivity contribution in [1.82, 2.24) is 4.98 Å². The molecule has 3 heteroatoms. The molecule has 66 valence electrons. The van der Waals surface area contributed by atoms with Gasteiger partial charge in [-0.3, -0.25) is 0 Å². The van der Waals surface area contributed by atoms with E-state index in [0.29, 0.717) is 5.56 Å². The van der Waals surface area contributed by atoms with Gasteiger partial charge in [0.2, 0.25) is 0 Å². The molecule has 1 aromatic rings. The molecule has 0 aliphatic heterocycles. The molecular formula is C10H9NO2. The minimum absolute atomic E-state index is 0.0305. The number of carboxylic acids is 1. The highest BCUT2D eigenvalue weighted by Gasteiger charge is 2.02. The van der Waals surface area contributed by atoms with Crippen molar-refractivity contribution in [3.63, 3.8) is 0 Å². The van der Waals surface area contributed by atoms with Gasteiger partial charge in [0.05, 0.1) is 0 Å². The van der Waals surface area contributed by atoms with E-state index in [0.717, 1.165) is 6.42 Å². The van der Waals surface area contributed by atoms with Crippen LogP contribution in [0, 0.1) is 11.8 Å². The second-order valence-corrected chi connectivity index (χ2v) is 2.39. The van der Waals surface area contributed by atoms with Crippen molar-refractivity contribution in [2.24, 2.45) is 0 Å². The summed E-state index contributed by atoms with van der Waals surface area (Å²) in [5, 5.41) is 8.62. The first kappa shape index (κ1) is 9.27. The van der Waals surface area contributed by atoms with Crippen molar-refractivity contribution < 1.29 is 9.90 Å². The Bertz CT molecular complexity index is 374. The van der Waals surface area contributed by atoms with Crippen LogP contribution in [0.4, 0.5) is 0 Å². The maximum Gasteiger partial charge on any atom is 0.354 e. The molecule has 0 saturated heterocycles. The summed E-state index contributed by atoms with van der Waals surface area (Å²) < 4.78 is 0. The summed E-state index contributed by atoms with van der Waals surface area (Å²) >= 11 is 0. The third-order valence-electron chi connectivity index (χ3n) is 1.39. The van der Waals surface area contributed by atoms with Gasteiger partial charge in [0.1, 0.15) is 5.69 Å². The van der Waals surface area contributed by atoms with Crippen LogP contribution in [0.5, 0.6) is 0 Å². The maximum absolute atomic E-state index is 10.5. The van der Waals surface area contributed by atoms with E-state index in [1.54, 1.807) is 6.07 Å². The summed E-state index contributed by atoms with van der Waals surface area (Å²) in [6, 6.07) is 3.15. The van der Waals surface area contributed by atoms with E-state index in [2.05, 4.69) is 16.8 Å². The second kappa shape index (κ2) is 4.27. The smallest absolute Gasteiger partial charge is 0.354 e. The fraction of sp³-hybridized carbons (Fsp3) is 0.200. The number of pyridine rings is 1. The lowest BCUT2D eigenvalue weighted by Gasteiger charge is -1.92. The Labute approximate surface area is 76.4 Å². The number of rotatable bonds is 1. The summed E-state index contributed by atoms with van der Waals surface area (Å²) in [4.78, 5) is 14.2. The molecule has 0 atom stereocenters. The van der Waals surface area contributed by atoms with Gasteiger partial charge in [-0.05, 0) is 12.1 Å². The van der Waals surface area contributed by atoms with E-state index in [1.807, 2.05) is 6.92 Å². The molecule has 1 rings (SSSR count). The van der Waals surface area contributed by atoms with Crippen LogP contribution in [0.3, 0.4) is 0 Å². The number of aromatic nitrogens is 1. The Morgan fingerprint density at radius 3 is 3.08 bits per heavy atom. The standard InChI is InChI=1S/C10H9NO2/c1-2-3-4-8-5-6-11-9(7-8)10(12)13/h5-7H,2H2,1H3,(H,12,13). The van der Waals surface area contributed by atoms with Crippen molar-refractivity contribution in [1.29, 1.82) is 0 Å². The lowest BCUT2D eigenvalue weighted by molar-refractivity contribution is 0.0690. The fourth-order valence-corrected chi connectivity index (χ4v) is 0.816. The van der Waals surface area contributed by atoms with Crippen LogP contribution in [0.2, 0.25) is 0 Å². The van der Waals surface area contributed by atoms with Crippen LogP contribution in [0.1, 0.15) is 29.4 Å². The molecule has 13 heavy (non-hydrogen) atoms. The summed E-state index contributed by atoms with van der Waals surface area (Å²) in [5.74, 6) is 4.67. The third kappa shape index (κ3) is 2.60. The van der Waals surface area contributed by atoms with Gasteiger partial charge in [-0.2, -0.15) is 0 Å². The number of carboxylic acid groups (broad SMARTS) is 1. The van der Waals surface area contributed by atoms with Gasteiger partial charge in [0.15, 0.2) is 0 Å². The fourth-order valence-electron chi connectivity index (χ4n) is 0.816. The lowest BCUT2D eigenvalue weighted by Crippen LogP contribution is -1.99. The first-order valence-corrected chi connectivity index (χ1v) is 3.92. The summed E-state index contributed by atoms with van der Waals surface area (Å²) in [6.45, 7) is 1.94. The number of nitrogens with zero attached hydrogens (tertiary/aromatic N) is 1. The average molecular weight is 175 g/mol. The van der Waals surface area contributed by atoms with Crippen molar-refractivity contribution in [2.75, 3.05) is 0 Å². The third-order valence-corrected chi connectivity index (χ3v) is 1.39. The minimum atomic E-state index is -1.03.